The Kier molecular flexibility index (Phi) is 5.81. The van der Waals surface area contributed by atoms with E-state index in [1.165, 1.54) is 18.2 Å². The first kappa shape index (κ1) is 21.1. The molecular weight excluding hydrogens is 400 g/mol. The Morgan fingerprint density at radius 1 is 0.633 bits per heavy atom. The second kappa shape index (κ2) is 8.24. The second-order valence-electron chi connectivity index (χ2n) is 5.37. The molecule has 30 heavy (non-hydrogen) atoms. The molecule has 0 unspecified atom stereocenters. The SMILES string of the molecule is N#CC(C#N)=c1cc(C#N)c(=C(C#N)c2c(F)c(F)c(C#N)c(F)c2F)c(C#N)c1. The van der Waals surface area contributed by atoms with Crippen LogP contribution < -0.4 is 10.4 Å². The van der Waals surface area contributed by atoms with E-state index in [1.807, 2.05) is 0 Å². The Morgan fingerprint density at radius 3 is 1.43 bits per heavy atom. The molecule has 140 valence electrons. The lowest BCUT2D eigenvalue weighted by Gasteiger charge is -2.09. The van der Waals surface area contributed by atoms with Crippen LogP contribution in [0.3, 0.4) is 0 Å². The van der Waals surface area contributed by atoms with Crippen LogP contribution in [-0.2, 0) is 0 Å². The molecule has 0 spiro atoms. The minimum atomic E-state index is -2.07. The Hall–Kier alpha value is -5.16. The number of nitrogens with zero attached hydrogens (tertiary/aromatic N) is 6. The van der Waals surface area contributed by atoms with Gasteiger partial charge in [0, 0.05) is 10.4 Å². The molecule has 6 nitrogen and oxygen atoms in total. The quantitative estimate of drug-likeness (QED) is 0.525. The number of rotatable bonds is 1. The summed E-state index contributed by atoms with van der Waals surface area (Å²) in [6.45, 7) is 0. The molecule has 0 fully saturated rings. The van der Waals surface area contributed by atoms with E-state index in [2.05, 4.69) is 0 Å². The monoisotopic (exact) mass is 402 g/mol. The summed E-state index contributed by atoms with van der Waals surface area (Å²) in [6.07, 6.45) is 0. The molecule has 0 atom stereocenters. The zero-order valence-electron chi connectivity index (χ0n) is 14.3. The highest BCUT2D eigenvalue weighted by Crippen LogP contribution is 2.28. The fourth-order valence-electron chi connectivity index (χ4n) is 2.57. The van der Waals surface area contributed by atoms with E-state index in [1.54, 1.807) is 12.1 Å². The molecule has 0 amide bonds. The van der Waals surface area contributed by atoms with Crippen molar-refractivity contribution < 1.29 is 17.6 Å². The topological polar surface area (TPSA) is 143 Å². The van der Waals surface area contributed by atoms with Gasteiger partial charge < -0.3 is 0 Å². The van der Waals surface area contributed by atoms with Gasteiger partial charge in [0.25, 0.3) is 0 Å². The van der Waals surface area contributed by atoms with Gasteiger partial charge in [0.05, 0.1) is 34.4 Å². The molecular formula is C20H2F4N6. The van der Waals surface area contributed by atoms with Crippen molar-refractivity contribution in [3.63, 3.8) is 0 Å². The van der Waals surface area contributed by atoms with E-state index in [0.717, 1.165) is 18.2 Å². The number of benzene rings is 2. The van der Waals surface area contributed by atoms with Gasteiger partial charge in [-0.25, -0.2) is 17.6 Å². The van der Waals surface area contributed by atoms with Gasteiger partial charge in [-0.3, -0.25) is 0 Å². The zero-order valence-corrected chi connectivity index (χ0v) is 14.3. The van der Waals surface area contributed by atoms with Crippen LogP contribution in [0, 0.1) is 91.3 Å². The van der Waals surface area contributed by atoms with Gasteiger partial charge in [-0.05, 0) is 12.1 Å². The van der Waals surface area contributed by atoms with E-state index in [4.69, 9.17) is 15.8 Å². The number of nitriles is 6. The van der Waals surface area contributed by atoms with E-state index < -0.39 is 61.9 Å². The third-order valence-corrected chi connectivity index (χ3v) is 3.88. The Balaban J connectivity index is 3.29. The molecule has 0 saturated heterocycles. The highest BCUT2D eigenvalue weighted by atomic mass is 19.2. The summed E-state index contributed by atoms with van der Waals surface area (Å²) in [5.41, 5.74) is -5.79. The smallest absolute Gasteiger partial charge is 0.180 e. The van der Waals surface area contributed by atoms with Crippen LogP contribution in [-0.4, -0.2) is 0 Å². The minimum absolute atomic E-state index is 0.188. The highest BCUT2D eigenvalue weighted by molar-refractivity contribution is 5.81. The van der Waals surface area contributed by atoms with Crippen LogP contribution in [0.4, 0.5) is 17.6 Å². The van der Waals surface area contributed by atoms with Crippen LogP contribution in [0.1, 0.15) is 22.3 Å². The molecule has 10 heteroatoms. The highest BCUT2D eigenvalue weighted by Gasteiger charge is 2.28. The first-order valence-corrected chi connectivity index (χ1v) is 7.50. The van der Waals surface area contributed by atoms with Gasteiger partial charge in [-0.2, -0.15) is 31.6 Å². The van der Waals surface area contributed by atoms with E-state index >= 15 is 0 Å². The van der Waals surface area contributed by atoms with Crippen molar-refractivity contribution in [3.8, 4) is 36.4 Å². The summed E-state index contributed by atoms with van der Waals surface area (Å²) in [4.78, 5) is 0. The molecule has 0 heterocycles. The van der Waals surface area contributed by atoms with Crippen molar-refractivity contribution in [1.29, 1.82) is 31.6 Å². The van der Waals surface area contributed by atoms with Crippen LogP contribution in [0.25, 0.3) is 11.1 Å². The van der Waals surface area contributed by atoms with Crippen molar-refractivity contribution in [2.75, 3.05) is 0 Å². The summed E-state index contributed by atoms with van der Waals surface area (Å²) in [7, 11) is 0. The van der Waals surface area contributed by atoms with E-state index in [-0.39, 0.29) is 5.22 Å². The molecule has 0 aliphatic carbocycles. The van der Waals surface area contributed by atoms with Crippen LogP contribution in [0.2, 0.25) is 0 Å². The number of hydrogen-bond acceptors (Lipinski definition) is 6. The third-order valence-electron chi connectivity index (χ3n) is 3.88. The number of halogens is 4. The molecule has 0 radical (unpaired) electrons. The summed E-state index contributed by atoms with van der Waals surface area (Å²) < 4.78 is 56.9. The Labute approximate surface area is 165 Å². The van der Waals surface area contributed by atoms with Crippen LogP contribution in [0.15, 0.2) is 12.1 Å². The van der Waals surface area contributed by atoms with Gasteiger partial charge in [0.15, 0.2) is 23.3 Å². The summed E-state index contributed by atoms with van der Waals surface area (Å²) >= 11 is 0. The average Bonchev–Trinajstić information content (AvgIpc) is 2.76. The predicted octanol–water partition coefficient (Wildman–Crippen LogP) is 1.78. The molecule has 0 aromatic heterocycles. The molecule has 2 aromatic rings. The Morgan fingerprint density at radius 2 is 1.10 bits per heavy atom. The molecule has 2 rings (SSSR count). The third kappa shape index (κ3) is 3.15. The fraction of sp³-hybridized carbons (Fsp3) is 0. The van der Waals surface area contributed by atoms with E-state index in [0.29, 0.717) is 0 Å². The predicted molar refractivity (Wildman–Crippen MR) is 88.9 cm³/mol. The molecule has 0 saturated carbocycles. The molecule has 2 aromatic carbocycles. The average molecular weight is 402 g/mol. The van der Waals surface area contributed by atoms with Gasteiger partial charge in [0.1, 0.15) is 35.4 Å². The van der Waals surface area contributed by atoms with Crippen LogP contribution in [0.5, 0.6) is 0 Å². The minimum Gasteiger partial charge on any atom is -0.203 e. The molecule has 0 aliphatic rings. The maximum absolute atomic E-state index is 14.4. The van der Waals surface area contributed by atoms with Crippen molar-refractivity contribution in [3.05, 3.63) is 68.1 Å². The maximum atomic E-state index is 14.4. The zero-order chi connectivity index (χ0) is 22.6. The largest absolute Gasteiger partial charge is 0.203 e. The summed E-state index contributed by atoms with van der Waals surface area (Å²) in [6, 6.07) is 10.2. The van der Waals surface area contributed by atoms with Crippen molar-refractivity contribution >= 4 is 11.1 Å². The van der Waals surface area contributed by atoms with Gasteiger partial charge in [-0.1, -0.05) is 0 Å². The second-order valence-corrected chi connectivity index (χ2v) is 5.37. The number of hydrogen-bond donors (Lipinski definition) is 0. The summed E-state index contributed by atoms with van der Waals surface area (Å²) in [5, 5.41) is 53.9. The van der Waals surface area contributed by atoms with Gasteiger partial charge in [-0.15, -0.1) is 0 Å². The molecule has 0 bridgehead atoms. The van der Waals surface area contributed by atoms with Gasteiger partial charge >= 0.3 is 0 Å². The van der Waals surface area contributed by atoms with E-state index in [9.17, 15) is 33.3 Å². The first-order chi connectivity index (χ1) is 14.3. The maximum Gasteiger partial charge on any atom is 0.180 e. The molecule has 0 aliphatic heterocycles. The lowest BCUT2D eigenvalue weighted by Crippen LogP contribution is -2.23. The summed E-state index contributed by atoms with van der Waals surface area (Å²) in [5.74, 6) is -8.25. The van der Waals surface area contributed by atoms with Gasteiger partial charge in [0.2, 0.25) is 0 Å². The fourth-order valence-corrected chi connectivity index (χ4v) is 2.57. The van der Waals surface area contributed by atoms with Crippen molar-refractivity contribution in [2.45, 2.75) is 0 Å². The molecule has 0 N–H and O–H groups in total. The van der Waals surface area contributed by atoms with Crippen molar-refractivity contribution in [1.82, 2.24) is 0 Å². The Bertz CT molecular complexity index is 1410. The van der Waals surface area contributed by atoms with Crippen molar-refractivity contribution in [2.24, 2.45) is 0 Å². The van der Waals surface area contributed by atoms with Crippen LogP contribution >= 0.6 is 0 Å². The standard InChI is InChI=1S/C20H2F4N6/c21-17-14(8-30)18(22)20(24)16(19(17)23)13(7-29)15-10(3-25)1-9(2-11(15)4-26)12(5-27)6-28/h1-2H. The lowest BCUT2D eigenvalue weighted by atomic mass is 9.94. The first-order valence-electron chi connectivity index (χ1n) is 7.50. The normalized spacial score (nSPS) is 9.13. The lowest BCUT2D eigenvalue weighted by molar-refractivity contribution is 0.447.